The largest absolute Gasteiger partial charge is 0.508 e. The van der Waals surface area contributed by atoms with Crippen LogP contribution >= 0.6 is 0 Å². The quantitative estimate of drug-likeness (QED) is 0.232. The van der Waals surface area contributed by atoms with E-state index in [2.05, 4.69) is 39.1 Å². The summed E-state index contributed by atoms with van der Waals surface area (Å²) in [5.41, 5.74) is 9.70. The molecule has 1 atom stereocenters. The summed E-state index contributed by atoms with van der Waals surface area (Å²) in [6.07, 6.45) is 5.08. The third kappa shape index (κ3) is 4.97. The molecule has 0 amide bonds. The predicted molar refractivity (Wildman–Crippen MR) is 168 cm³/mol. The van der Waals surface area contributed by atoms with Gasteiger partial charge in [-0.15, -0.1) is 0 Å². The molecule has 6 aromatic rings. The fraction of sp³-hybridized carbons (Fsp3) is 0.235. The van der Waals surface area contributed by atoms with Gasteiger partial charge >= 0.3 is 5.63 Å². The molecular weight excluding hydrogens is 559 g/mol. The summed E-state index contributed by atoms with van der Waals surface area (Å²) in [7, 11) is 0. The number of hydrogen-bond donors (Lipinski definition) is 2. The fourth-order valence-corrected chi connectivity index (χ4v) is 6.25. The summed E-state index contributed by atoms with van der Waals surface area (Å²) in [5.74, 6) is -0.334. The van der Waals surface area contributed by atoms with Gasteiger partial charge < -0.3 is 15.3 Å². The summed E-state index contributed by atoms with van der Waals surface area (Å²) >= 11 is 0. The molecule has 1 unspecified atom stereocenters. The van der Waals surface area contributed by atoms with Gasteiger partial charge in [0.1, 0.15) is 41.2 Å². The van der Waals surface area contributed by atoms with Crippen LogP contribution in [0.2, 0.25) is 0 Å². The number of piperidine rings is 1. The second-order valence-corrected chi connectivity index (χ2v) is 11.3. The average Bonchev–Trinajstić information content (AvgIpc) is 3.42. The number of nitrogen functional groups attached to an aromatic ring is 1. The van der Waals surface area contributed by atoms with Crippen LogP contribution in [0.25, 0.3) is 44.2 Å². The van der Waals surface area contributed by atoms with Crippen LogP contribution < -0.4 is 11.4 Å². The second kappa shape index (κ2) is 11.2. The van der Waals surface area contributed by atoms with Crippen LogP contribution in [-0.2, 0) is 6.54 Å². The number of halogens is 1. The Balaban J connectivity index is 1.39. The number of benzene rings is 3. The Morgan fingerprint density at radius 1 is 0.977 bits per heavy atom. The number of aromatic nitrogens is 4. The Bertz CT molecular complexity index is 2040. The van der Waals surface area contributed by atoms with Crippen LogP contribution in [0.5, 0.6) is 5.75 Å². The number of anilines is 1. The Morgan fingerprint density at radius 3 is 2.48 bits per heavy atom. The van der Waals surface area contributed by atoms with Gasteiger partial charge in [0.15, 0.2) is 5.65 Å². The van der Waals surface area contributed by atoms with Crippen molar-refractivity contribution < 1.29 is 13.9 Å². The summed E-state index contributed by atoms with van der Waals surface area (Å²) in [4.78, 5) is 24.4. The van der Waals surface area contributed by atoms with Crippen LogP contribution in [0, 0.1) is 5.82 Å². The highest BCUT2D eigenvalue weighted by molar-refractivity contribution is 5.99. The van der Waals surface area contributed by atoms with E-state index in [0.717, 1.165) is 42.2 Å². The van der Waals surface area contributed by atoms with Gasteiger partial charge in [-0.2, -0.15) is 5.10 Å². The zero-order valence-electron chi connectivity index (χ0n) is 24.2. The summed E-state index contributed by atoms with van der Waals surface area (Å²) in [6, 6.07) is 18.8. The maximum Gasteiger partial charge on any atom is 0.343 e. The van der Waals surface area contributed by atoms with Crippen molar-refractivity contribution in [3.63, 3.8) is 0 Å². The molecule has 4 heterocycles. The molecule has 7 rings (SSSR count). The molecule has 1 saturated heterocycles. The summed E-state index contributed by atoms with van der Waals surface area (Å²) in [5, 5.41) is 16.5. The minimum absolute atomic E-state index is 0.150. The SMILES string of the molecule is CC(c1oc(=O)c2ccccc2c1-c1ccc(CN2CCCCC2)cc1)n1nc(-c2cc(O)cc(F)c2)c2c(N)ncnc21. The van der Waals surface area contributed by atoms with Crippen molar-refractivity contribution >= 4 is 27.6 Å². The minimum Gasteiger partial charge on any atom is -0.508 e. The first-order valence-corrected chi connectivity index (χ1v) is 14.7. The van der Waals surface area contributed by atoms with Gasteiger partial charge in [0.05, 0.1) is 10.8 Å². The first-order chi connectivity index (χ1) is 21.4. The number of nitrogens with zero attached hydrogens (tertiary/aromatic N) is 5. The molecule has 1 fully saturated rings. The number of phenolic OH excluding ortho intramolecular Hbond substituents is 1. The van der Waals surface area contributed by atoms with Gasteiger partial charge in [0.25, 0.3) is 0 Å². The number of nitrogens with two attached hydrogens (primary N) is 1. The first kappa shape index (κ1) is 27.7. The second-order valence-electron chi connectivity index (χ2n) is 11.3. The van der Waals surface area contributed by atoms with E-state index in [1.54, 1.807) is 10.7 Å². The lowest BCUT2D eigenvalue weighted by Gasteiger charge is -2.26. The Labute approximate surface area is 252 Å². The van der Waals surface area contributed by atoms with Crippen molar-refractivity contribution in [3.8, 4) is 28.1 Å². The summed E-state index contributed by atoms with van der Waals surface area (Å²) in [6.45, 7) is 4.98. The predicted octanol–water partition coefficient (Wildman–Crippen LogP) is 6.29. The van der Waals surface area contributed by atoms with E-state index in [0.29, 0.717) is 33.4 Å². The lowest BCUT2D eigenvalue weighted by atomic mass is 9.95. The molecule has 10 heteroatoms. The van der Waals surface area contributed by atoms with E-state index in [1.165, 1.54) is 43.3 Å². The number of aromatic hydroxyl groups is 1. The number of rotatable bonds is 6. The molecule has 0 radical (unpaired) electrons. The Hall–Kier alpha value is -5.09. The zero-order valence-corrected chi connectivity index (χ0v) is 24.2. The molecule has 0 bridgehead atoms. The van der Waals surface area contributed by atoms with Crippen LogP contribution in [-0.4, -0.2) is 42.8 Å². The highest BCUT2D eigenvalue weighted by Crippen LogP contribution is 2.39. The molecular formula is C34H31FN6O3. The lowest BCUT2D eigenvalue weighted by molar-refractivity contribution is 0.221. The molecule has 0 saturated carbocycles. The highest BCUT2D eigenvalue weighted by Gasteiger charge is 2.27. The molecule has 3 aromatic heterocycles. The van der Waals surface area contributed by atoms with E-state index < -0.39 is 17.5 Å². The molecule has 1 aliphatic rings. The third-order valence-electron chi connectivity index (χ3n) is 8.38. The fourth-order valence-electron chi connectivity index (χ4n) is 6.25. The Morgan fingerprint density at radius 2 is 1.73 bits per heavy atom. The van der Waals surface area contributed by atoms with Crippen molar-refractivity contribution in [2.24, 2.45) is 0 Å². The van der Waals surface area contributed by atoms with E-state index in [4.69, 9.17) is 15.2 Å². The minimum atomic E-state index is -0.636. The molecule has 9 nitrogen and oxygen atoms in total. The molecule has 44 heavy (non-hydrogen) atoms. The van der Waals surface area contributed by atoms with Gasteiger partial charge in [-0.25, -0.2) is 23.8 Å². The van der Waals surface area contributed by atoms with E-state index in [1.807, 2.05) is 25.1 Å². The molecule has 3 aromatic carbocycles. The van der Waals surface area contributed by atoms with Crippen molar-refractivity contribution in [2.45, 2.75) is 38.8 Å². The maximum atomic E-state index is 14.3. The lowest BCUT2D eigenvalue weighted by Crippen LogP contribution is -2.29. The van der Waals surface area contributed by atoms with Crippen molar-refractivity contribution in [3.05, 3.63) is 101 Å². The average molecular weight is 591 g/mol. The van der Waals surface area contributed by atoms with Gasteiger partial charge in [-0.1, -0.05) is 48.9 Å². The van der Waals surface area contributed by atoms with Crippen LogP contribution in [0.3, 0.4) is 0 Å². The standard InChI is InChI=1S/C34H31FN6O3/c1-20(41-33-29(32(36)37-19-38-33)30(39-41)23-15-24(35)17-25(42)16-23)31-28(26-7-3-4-8-27(26)34(43)44-31)22-11-9-21(10-12-22)18-40-13-5-2-6-14-40/h3-4,7-12,15-17,19-20,42H,2,5-6,13-14,18H2,1H3,(H2,36,37,38). The third-order valence-corrected chi connectivity index (χ3v) is 8.38. The molecule has 3 N–H and O–H groups in total. The first-order valence-electron chi connectivity index (χ1n) is 14.7. The highest BCUT2D eigenvalue weighted by atomic mass is 19.1. The smallest absolute Gasteiger partial charge is 0.343 e. The van der Waals surface area contributed by atoms with Crippen molar-refractivity contribution in [1.29, 1.82) is 0 Å². The van der Waals surface area contributed by atoms with Gasteiger partial charge in [0, 0.05) is 29.1 Å². The maximum absolute atomic E-state index is 14.3. The van der Waals surface area contributed by atoms with Crippen molar-refractivity contribution in [2.75, 3.05) is 18.8 Å². The van der Waals surface area contributed by atoms with Gasteiger partial charge in [0.2, 0.25) is 0 Å². The normalized spacial score (nSPS) is 14.8. The molecule has 222 valence electrons. The van der Waals surface area contributed by atoms with Crippen LogP contribution in [0.15, 0.2) is 82.3 Å². The van der Waals surface area contributed by atoms with Gasteiger partial charge in [-0.3, -0.25) is 4.90 Å². The molecule has 1 aliphatic heterocycles. The monoisotopic (exact) mass is 590 g/mol. The van der Waals surface area contributed by atoms with E-state index in [9.17, 15) is 14.3 Å². The topological polar surface area (TPSA) is 123 Å². The summed E-state index contributed by atoms with van der Waals surface area (Å²) < 4.78 is 22.0. The molecule has 0 aliphatic carbocycles. The number of likely N-dealkylation sites (tertiary alicyclic amines) is 1. The number of hydrogen-bond acceptors (Lipinski definition) is 8. The number of phenols is 1. The van der Waals surface area contributed by atoms with E-state index in [-0.39, 0.29) is 11.6 Å². The number of fused-ring (bicyclic) bond motifs is 2. The van der Waals surface area contributed by atoms with Crippen LogP contribution in [0.1, 0.15) is 43.6 Å². The van der Waals surface area contributed by atoms with E-state index >= 15 is 0 Å². The van der Waals surface area contributed by atoms with Crippen molar-refractivity contribution in [1.82, 2.24) is 24.6 Å². The van der Waals surface area contributed by atoms with Crippen LogP contribution in [0.4, 0.5) is 10.2 Å². The van der Waals surface area contributed by atoms with Gasteiger partial charge in [-0.05, 0) is 62.2 Å². The Kier molecular flexibility index (Phi) is 7.06. The molecule has 0 spiro atoms. The zero-order chi connectivity index (χ0) is 30.4.